The molecule has 1 aliphatic rings. The van der Waals surface area contributed by atoms with Crippen molar-refractivity contribution in [2.75, 3.05) is 16.2 Å². The molecule has 1 heterocycles. The smallest absolute Gasteiger partial charge is 0.267 e. The largest absolute Gasteiger partial charge is 0.476 e. The van der Waals surface area contributed by atoms with Crippen LogP contribution in [-0.4, -0.2) is 27.0 Å². The van der Waals surface area contributed by atoms with Crippen molar-refractivity contribution in [3.8, 4) is 5.75 Å². The summed E-state index contributed by atoms with van der Waals surface area (Å²) in [6, 6.07) is 17.7. The van der Waals surface area contributed by atoms with Gasteiger partial charge in [-0.15, -0.1) is 0 Å². The molecule has 1 atom stereocenters. The topological polar surface area (TPSA) is 75.7 Å². The Kier molecular flexibility index (Phi) is 5.69. The average molecular weight is 451 g/mol. The van der Waals surface area contributed by atoms with Gasteiger partial charge < -0.3 is 10.1 Å². The molecule has 0 spiro atoms. The van der Waals surface area contributed by atoms with Gasteiger partial charge in [-0.05, 0) is 80.8 Å². The summed E-state index contributed by atoms with van der Waals surface area (Å²) in [5.41, 5.74) is 4.99. The van der Waals surface area contributed by atoms with Gasteiger partial charge in [0.2, 0.25) is 0 Å². The van der Waals surface area contributed by atoms with Crippen LogP contribution in [0.25, 0.3) is 0 Å². The van der Waals surface area contributed by atoms with E-state index in [1.807, 2.05) is 52.0 Å². The first-order chi connectivity index (χ1) is 15.1. The maximum atomic E-state index is 13.5. The lowest BCUT2D eigenvalue weighted by molar-refractivity contribution is -0.122. The van der Waals surface area contributed by atoms with Gasteiger partial charge >= 0.3 is 0 Å². The zero-order chi connectivity index (χ0) is 23.0. The summed E-state index contributed by atoms with van der Waals surface area (Å²) < 4.78 is 34.3. The van der Waals surface area contributed by atoms with E-state index in [0.717, 1.165) is 22.3 Å². The lowest BCUT2D eigenvalue weighted by atomic mass is 10.1. The van der Waals surface area contributed by atoms with Gasteiger partial charge in [0, 0.05) is 5.69 Å². The maximum Gasteiger partial charge on any atom is 0.267 e. The fourth-order valence-corrected chi connectivity index (χ4v) is 5.30. The summed E-state index contributed by atoms with van der Waals surface area (Å²) in [4.78, 5) is 13.2. The van der Waals surface area contributed by atoms with Crippen molar-refractivity contribution < 1.29 is 17.9 Å². The van der Waals surface area contributed by atoms with Gasteiger partial charge in [0.15, 0.2) is 6.10 Å². The summed E-state index contributed by atoms with van der Waals surface area (Å²) in [7, 11) is -3.89. The molecule has 0 aromatic heterocycles. The predicted molar refractivity (Wildman–Crippen MR) is 126 cm³/mol. The number of hydrogen-bond donors (Lipinski definition) is 1. The van der Waals surface area contributed by atoms with Gasteiger partial charge in [-0.1, -0.05) is 29.8 Å². The average Bonchev–Trinajstić information content (AvgIpc) is 2.72. The number of amides is 1. The van der Waals surface area contributed by atoms with Crippen LogP contribution in [0.5, 0.6) is 5.75 Å². The molecule has 0 unspecified atom stereocenters. The van der Waals surface area contributed by atoms with Crippen molar-refractivity contribution >= 4 is 27.3 Å². The molecule has 1 aliphatic heterocycles. The zero-order valence-corrected chi connectivity index (χ0v) is 19.4. The Morgan fingerprint density at radius 2 is 1.50 bits per heavy atom. The Hall–Kier alpha value is -3.32. The first-order valence-electron chi connectivity index (χ1n) is 10.4. The third-order valence-corrected chi connectivity index (χ3v) is 7.17. The number of anilines is 2. The van der Waals surface area contributed by atoms with Gasteiger partial charge in [0.1, 0.15) is 5.75 Å². The fourth-order valence-electron chi connectivity index (χ4n) is 3.83. The second-order valence-electron chi connectivity index (χ2n) is 8.29. The number of fused-ring (bicyclic) bond motifs is 1. The van der Waals surface area contributed by atoms with Gasteiger partial charge in [-0.25, -0.2) is 8.42 Å². The Balaban J connectivity index is 1.69. The molecule has 3 aromatic carbocycles. The van der Waals surface area contributed by atoms with Crippen LogP contribution >= 0.6 is 0 Å². The van der Waals surface area contributed by atoms with E-state index in [9.17, 15) is 13.2 Å². The quantitative estimate of drug-likeness (QED) is 0.634. The third-order valence-electron chi connectivity index (χ3n) is 5.37. The van der Waals surface area contributed by atoms with Crippen molar-refractivity contribution in [2.24, 2.45) is 0 Å². The first kappa shape index (κ1) is 21.9. The van der Waals surface area contributed by atoms with Crippen LogP contribution < -0.4 is 14.4 Å². The molecule has 0 bridgehead atoms. The standard InChI is InChI=1S/C25H26N2O4S/c1-16-5-8-21(9-6-16)32(29,30)27-15-24(31-23-10-7-17(2)14-22(23)27)25(28)26-20-12-18(3)11-19(4)13-20/h5-14,24H,15H2,1-4H3,(H,26,28)/t24-/m1/s1. The summed E-state index contributed by atoms with van der Waals surface area (Å²) in [5.74, 6) is -0.0385. The molecule has 166 valence electrons. The fraction of sp³-hybridized carbons (Fsp3) is 0.240. The van der Waals surface area contributed by atoms with E-state index >= 15 is 0 Å². The van der Waals surface area contributed by atoms with E-state index in [-0.39, 0.29) is 11.4 Å². The van der Waals surface area contributed by atoms with Crippen molar-refractivity contribution in [1.29, 1.82) is 0 Å². The van der Waals surface area contributed by atoms with Crippen molar-refractivity contribution in [3.05, 3.63) is 82.9 Å². The van der Waals surface area contributed by atoms with Crippen LogP contribution in [-0.2, 0) is 14.8 Å². The van der Waals surface area contributed by atoms with Gasteiger partial charge in [-0.2, -0.15) is 0 Å². The van der Waals surface area contributed by atoms with Crippen LogP contribution in [0.2, 0.25) is 0 Å². The van der Waals surface area contributed by atoms with E-state index in [1.165, 1.54) is 4.31 Å². The molecule has 1 amide bonds. The molecule has 3 aromatic rings. The minimum atomic E-state index is -3.89. The highest BCUT2D eigenvalue weighted by molar-refractivity contribution is 7.92. The minimum Gasteiger partial charge on any atom is -0.476 e. The normalized spacial score (nSPS) is 15.6. The van der Waals surface area contributed by atoms with Crippen molar-refractivity contribution in [2.45, 2.75) is 38.7 Å². The molecule has 7 heteroatoms. The van der Waals surface area contributed by atoms with Crippen LogP contribution in [0, 0.1) is 27.7 Å². The molecular formula is C25H26N2O4S. The Morgan fingerprint density at radius 3 is 2.16 bits per heavy atom. The molecule has 0 radical (unpaired) electrons. The molecule has 0 fully saturated rings. The molecule has 6 nitrogen and oxygen atoms in total. The molecule has 0 aliphatic carbocycles. The predicted octanol–water partition coefficient (Wildman–Crippen LogP) is 4.52. The lowest BCUT2D eigenvalue weighted by Gasteiger charge is -2.35. The van der Waals surface area contributed by atoms with Crippen LogP contribution in [0.15, 0.2) is 65.6 Å². The van der Waals surface area contributed by atoms with E-state index in [2.05, 4.69) is 5.32 Å². The number of carbonyl (C=O) groups is 1. The molecule has 0 saturated heterocycles. The van der Waals surface area contributed by atoms with Crippen molar-refractivity contribution in [1.82, 2.24) is 0 Å². The summed E-state index contributed by atoms with van der Waals surface area (Å²) >= 11 is 0. The number of sulfonamides is 1. The molecule has 32 heavy (non-hydrogen) atoms. The number of aryl methyl sites for hydroxylation is 4. The SMILES string of the molecule is Cc1ccc(S(=O)(=O)N2C[C@H](C(=O)Nc3cc(C)cc(C)c3)Oc3ccc(C)cc32)cc1. The Bertz CT molecular complexity index is 1260. The van der Waals surface area contributed by atoms with Crippen LogP contribution in [0.4, 0.5) is 11.4 Å². The Labute approximate surface area is 188 Å². The Morgan fingerprint density at radius 1 is 0.875 bits per heavy atom. The minimum absolute atomic E-state index is 0.122. The number of hydrogen-bond acceptors (Lipinski definition) is 4. The van der Waals surface area contributed by atoms with E-state index < -0.39 is 22.0 Å². The highest BCUT2D eigenvalue weighted by Crippen LogP contribution is 2.38. The zero-order valence-electron chi connectivity index (χ0n) is 18.5. The van der Waals surface area contributed by atoms with Gasteiger partial charge in [-0.3, -0.25) is 9.10 Å². The molecular weight excluding hydrogens is 424 g/mol. The number of nitrogens with one attached hydrogen (secondary N) is 1. The molecule has 0 saturated carbocycles. The van der Waals surface area contributed by atoms with E-state index in [0.29, 0.717) is 17.1 Å². The molecule has 1 N–H and O–H groups in total. The van der Waals surface area contributed by atoms with E-state index in [1.54, 1.807) is 36.4 Å². The number of nitrogens with zero attached hydrogens (tertiary/aromatic N) is 1. The maximum absolute atomic E-state index is 13.5. The van der Waals surface area contributed by atoms with E-state index in [4.69, 9.17) is 4.74 Å². The monoisotopic (exact) mass is 450 g/mol. The summed E-state index contributed by atoms with van der Waals surface area (Å²) in [5, 5.41) is 2.87. The van der Waals surface area contributed by atoms with Crippen LogP contribution in [0.1, 0.15) is 22.3 Å². The highest BCUT2D eigenvalue weighted by atomic mass is 32.2. The second-order valence-corrected chi connectivity index (χ2v) is 10.2. The second kappa shape index (κ2) is 8.31. The number of benzene rings is 3. The number of ether oxygens (including phenoxy) is 1. The lowest BCUT2D eigenvalue weighted by Crippen LogP contribution is -2.48. The van der Waals surface area contributed by atoms with Gasteiger partial charge in [0.05, 0.1) is 17.1 Å². The highest BCUT2D eigenvalue weighted by Gasteiger charge is 2.37. The molecule has 4 rings (SSSR count). The number of carbonyl (C=O) groups excluding carboxylic acids is 1. The third kappa shape index (κ3) is 4.34. The summed E-state index contributed by atoms with van der Waals surface area (Å²) in [6.07, 6.45) is -0.994. The van der Waals surface area contributed by atoms with Gasteiger partial charge in [0.25, 0.3) is 15.9 Å². The first-order valence-corrected chi connectivity index (χ1v) is 11.8. The summed E-state index contributed by atoms with van der Waals surface area (Å²) in [6.45, 7) is 7.57. The van der Waals surface area contributed by atoms with Crippen LogP contribution in [0.3, 0.4) is 0 Å². The number of rotatable bonds is 4. The van der Waals surface area contributed by atoms with Crippen molar-refractivity contribution in [3.63, 3.8) is 0 Å².